The topological polar surface area (TPSA) is 231 Å². The fourth-order valence-corrected chi connectivity index (χ4v) is 13.9. The molecule has 5 atom stereocenters. The number of carbonyl (C=O) groups is 3. The number of phosphoric acid groups is 2. The minimum absolute atomic E-state index is 0.0740. The van der Waals surface area contributed by atoms with Gasteiger partial charge in [-0.3, -0.25) is 32.5 Å². The maximum Gasteiger partial charge on any atom is 0.472 e. The van der Waals surface area contributed by atoms with Gasteiger partial charge < -0.3 is 34.2 Å². The number of hydrogen-bond donors (Lipinski definition) is 4. The maximum absolute atomic E-state index is 13.1. The molecule has 0 aromatic rings. The number of rotatable bonds is 87. The summed E-state index contributed by atoms with van der Waals surface area (Å²) in [6.07, 6.45) is 122. The van der Waals surface area contributed by atoms with Crippen molar-refractivity contribution in [3.8, 4) is 0 Å². The van der Waals surface area contributed by atoms with Crippen molar-refractivity contribution in [2.75, 3.05) is 39.6 Å². The Hall–Kier alpha value is -5.61. The second-order valence-electron chi connectivity index (χ2n) is 30.7. The number of phosphoric ester groups is 2. The molecule has 678 valence electrons. The second-order valence-corrected chi connectivity index (χ2v) is 33.6. The van der Waals surface area contributed by atoms with Gasteiger partial charge in [-0.05, 0) is 161 Å². The van der Waals surface area contributed by atoms with Crippen molar-refractivity contribution in [1.29, 1.82) is 0 Å². The van der Waals surface area contributed by atoms with Gasteiger partial charge in [-0.1, -0.05) is 382 Å². The van der Waals surface area contributed by atoms with Crippen LogP contribution in [-0.2, 0) is 55.8 Å². The lowest BCUT2D eigenvalue weighted by Crippen LogP contribution is -2.30. The summed E-state index contributed by atoms with van der Waals surface area (Å²) in [5.41, 5.74) is 0. The van der Waals surface area contributed by atoms with E-state index in [1.807, 2.05) is 0 Å². The number of hydrogen-bond acceptors (Lipinski definition) is 14. The van der Waals surface area contributed by atoms with Crippen LogP contribution in [0.25, 0.3) is 0 Å². The minimum Gasteiger partial charge on any atom is -0.463 e. The van der Waals surface area contributed by atoms with E-state index in [4.69, 9.17) is 32.3 Å². The van der Waals surface area contributed by atoms with E-state index in [0.717, 1.165) is 199 Å². The first-order chi connectivity index (χ1) is 58.2. The molecule has 119 heavy (non-hydrogen) atoms. The lowest BCUT2D eigenvalue weighted by molar-refractivity contribution is -0.161. The fraction of sp³-hybridized carbons (Fsp3) is 0.653. The Bertz CT molecular complexity index is 2940. The van der Waals surface area contributed by atoms with Gasteiger partial charge in [-0.2, -0.15) is 0 Å². The number of esters is 3. The lowest BCUT2D eigenvalue weighted by atomic mass is 10.0. The zero-order chi connectivity index (χ0) is 86.5. The lowest BCUT2D eigenvalue weighted by Gasteiger charge is -2.21. The first kappa shape index (κ1) is 113. The smallest absolute Gasteiger partial charge is 0.463 e. The summed E-state index contributed by atoms with van der Waals surface area (Å²) in [6.45, 7) is 2.34. The molecule has 0 radical (unpaired) electrons. The molecule has 16 nitrogen and oxygen atoms in total. The van der Waals surface area contributed by atoms with Crippen molar-refractivity contribution >= 4 is 33.6 Å². The van der Waals surface area contributed by atoms with Crippen molar-refractivity contribution in [1.82, 2.24) is 0 Å². The Labute approximate surface area is 725 Å². The Morgan fingerprint density at radius 3 is 0.664 bits per heavy atom. The van der Waals surface area contributed by atoms with E-state index >= 15 is 0 Å². The third-order valence-electron chi connectivity index (χ3n) is 19.3. The monoisotopic (exact) mass is 1700 g/mol. The highest BCUT2D eigenvalue weighted by molar-refractivity contribution is 7.47. The summed E-state index contributed by atoms with van der Waals surface area (Å²) in [7, 11) is -9.83. The molecule has 0 aliphatic heterocycles. The van der Waals surface area contributed by atoms with Crippen LogP contribution in [0.3, 0.4) is 0 Å². The average Bonchev–Trinajstić information content (AvgIpc) is 0.903. The van der Waals surface area contributed by atoms with Gasteiger partial charge >= 0.3 is 33.6 Å². The van der Waals surface area contributed by atoms with E-state index in [9.17, 15) is 43.5 Å². The van der Waals surface area contributed by atoms with Crippen molar-refractivity contribution in [2.45, 2.75) is 386 Å². The summed E-state index contributed by atoms with van der Waals surface area (Å²) in [5.74, 6) is -1.61. The molecule has 0 aliphatic carbocycles. The third kappa shape index (κ3) is 92.9. The molecular weight excluding hydrogens is 1530 g/mol. The van der Waals surface area contributed by atoms with Crippen LogP contribution in [0.15, 0.2) is 194 Å². The summed E-state index contributed by atoms with van der Waals surface area (Å²) < 4.78 is 61.5. The minimum atomic E-state index is -4.95. The molecule has 0 aromatic heterocycles. The third-order valence-corrected chi connectivity index (χ3v) is 21.2. The molecule has 0 amide bonds. The summed E-state index contributed by atoms with van der Waals surface area (Å²) in [6, 6.07) is 0. The molecule has 0 aliphatic rings. The van der Waals surface area contributed by atoms with Crippen LogP contribution in [0.4, 0.5) is 0 Å². The fourth-order valence-electron chi connectivity index (χ4n) is 12.3. The normalized spacial score (nSPS) is 14.6. The second kappa shape index (κ2) is 91.6. The highest BCUT2D eigenvalue weighted by Crippen LogP contribution is 2.45. The summed E-state index contributed by atoms with van der Waals surface area (Å²) >= 11 is 0. The van der Waals surface area contributed by atoms with Crippen LogP contribution in [-0.4, -0.2) is 95.9 Å². The molecule has 0 spiro atoms. The Morgan fingerprint density at radius 1 is 0.235 bits per heavy atom. The predicted molar refractivity (Wildman–Crippen MR) is 500 cm³/mol. The van der Waals surface area contributed by atoms with Crippen molar-refractivity contribution in [3.63, 3.8) is 0 Å². The molecule has 0 saturated heterocycles. The van der Waals surface area contributed by atoms with E-state index in [2.05, 4.69) is 215 Å². The van der Waals surface area contributed by atoms with Crippen LogP contribution in [0.2, 0.25) is 0 Å². The molecule has 0 fully saturated rings. The zero-order valence-corrected chi connectivity index (χ0v) is 76.5. The largest absolute Gasteiger partial charge is 0.472 e. The van der Waals surface area contributed by atoms with Crippen molar-refractivity contribution in [3.05, 3.63) is 194 Å². The average molecular weight is 1700 g/mol. The molecule has 4 N–H and O–H groups in total. The Morgan fingerprint density at radius 2 is 0.420 bits per heavy atom. The van der Waals surface area contributed by atoms with E-state index < -0.39 is 91.5 Å². The van der Waals surface area contributed by atoms with Crippen molar-refractivity contribution < 1.29 is 75.8 Å². The number of unbranched alkanes of at least 4 members (excludes halogenated alkanes) is 32. The van der Waals surface area contributed by atoms with Gasteiger partial charge in [0.15, 0.2) is 6.10 Å². The highest BCUT2D eigenvalue weighted by Gasteiger charge is 2.29. The molecule has 0 saturated carbocycles. The van der Waals surface area contributed by atoms with Gasteiger partial charge in [0.25, 0.3) is 0 Å². The molecule has 0 rings (SSSR count). The van der Waals surface area contributed by atoms with Gasteiger partial charge in [0.1, 0.15) is 25.4 Å². The molecule has 5 unspecified atom stereocenters. The van der Waals surface area contributed by atoms with Crippen LogP contribution in [0, 0.1) is 0 Å². The number of allylic oxidation sites excluding steroid dienone is 32. The van der Waals surface area contributed by atoms with E-state index in [1.165, 1.54) is 109 Å². The van der Waals surface area contributed by atoms with Gasteiger partial charge in [0.05, 0.1) is 26.4 Å². The van der Waals surface area contributed by atoms with Crippen LogP contribution < -0.4 is 0 Å². The molecule has 0 bridgehead atoms. The van der Waals surface area contributed by atoms with Gasteiger partial charge in [0, 0.05) is 19.3 Å². The van der Waals surface area contributed by atoms with Crippen molar-refractivity contribution in [2.24, 2.45) is 0 Å². The number of aliphatic hydroxyl groups excluding tert-OH is 2. The number of carbonyl (C=O) groups excluding carboxylic acids is 3. The number of aliphatic hydroxyl groups is 2. The van der Waals surface area contributed by atoms with Gasteiger partial charge in [-0.15, -0.1) is 0 Å². The highest BCUT2D eigenvalue weighted by atomic mass is 31.2. The molecular formula is C101H168O16P2. The van der Waals surface area contributed by atoms with Crippen LogP contribution >= 0.6 is 15.6 Å². The SMILES string of the molecule is CC/C=C\C/C=C\C/C=C\C/C=C\C/C=C\C/C=C\CCCCCCCCCCC(=O)OCC(COP(=O)(O)OCC(O)COP(=O)(O)OCC(O)COC(=O)CCCCCCCCCCCCCCCCCCCCC/C=C\C/C=C\C/C=C\C/C=C\C/C=C\CC)OC(=O)CCCCCCC/C=C\C/C=C\C/C=C\C/C=C\C/C=C\CC. The van der Waals surface area contributed by atoms with Gasteiger partial charge in [-0.25, -0.2) is 9.13 Å². The van der Waals surface area contributed by atoms with E-state index in [0.29, 0.717) is 19.3 Å². The first-order valence-electron chi connectivity index (χ1n) is 46.7. The first-order valence-corrected chi connectivity index (χ1v) is 49.7. The quantitative estimate of drug-likeness (QED) is 0.0146. The summed E-state index contributed by atoms with van der Waals surface area (Å²) in [5, 5.41) is 20.7. The molecule has 18 heteroatoms. The van der Waals surface area contributed by atoms with Crippen LogP contribution in [0.5, 0.6) is 0 Å². The maximum atomic E-state index is 13.1. The Kier molecular flexibility index (Phi) is 87.3. The van der Waals surface area contributed by atoms with Gasteiger partial charge in [0.2, 0.25) is 0 Å². The zero-order valence-electron chi connectivity index (χ0n) is 74.7. The molecule has 0 aromatic carbocycles. The summed E-state index contributed by atoms with van der Waals surface area (Å²) in [4.78, 5) is 59.0. The van der Waals surface area contributed by atoms with E-state index in [1.54, 1.807) is 0 Å². The Balaban J connectivity index is 4.56. The molecule has 0 heterocycles. The number of ether oxygens (including phenoxy) is 3. The predicted octanol–water partition coefficient (Wildman–Crippen LogP) is 29.0. The standard InChI is InChI=1S/C101H168O16P2/c1-4-7-10-13-16-19-22-25-28-31-34-37-39-41-43-44-45-46-47-48-49-50-52-54-55-58-60-63-66-69-72-75-78-81-84-87-99(104)111-90-96(102)91-113-118(107,108)114-92-97(103)93-115-119(109,110)116-95-98(117-101(106)89-86-83-80-77-74-71-68-65-62-57-36-33-30-27-24-21-18-15-12-9-6-3)94-112-100(105)88-85-82-79-76-73-70-67-64-61-59-56-53-51-42-40-38-35-32-29-26-23-20-17-14-11-8-5-2/h7-12,16-21,25-30,34-38,41-43,51,56-57,59,65,68,96-98,102-103H,4-6,13-15,22-24,31-33,39-40,44-50,52-55,58,60-64,66-67,69-95H2,1-3H3,(H,107,108)(H,109,110)/b10-7-,11-8-,12-9-,19-16-,20-17-,21-18-,28-25-,29-26-,30-27-,37-34-,38-35-,43-41-,51-42-,57-36-,59-56-,68-65-. The van der Waals surface area contributed by atoms with E-state index in [-0.39, 0.29) is 19.3 Å². The van der Waals surface area contributed by atoms with Crippen LogP contribution in [0.1, 0.15) is 367 Å².